The molecule has 20 heavy (non-hydrogen) atoms. The molecule has 1 aromatic heterocycles. The second-order valence-electron chi connectivity index (χ2n) is 4.09. The molecule has 2 aromatic rings. The minimum atomic E-state index is -4.34. The van der Waals surface area contributed by atoms with Gasteiger partial charge < -0.3 is 9.64 Å². The number of alkyl halides is 3. The van der Waals surface area contributed by atoms with E-state index in [9.17, 15) is 13.2 Å². The quantitative estimate of drug-likeness (QED) is 0.842. The molecule has 0 aliphatic carbocycles. The number of halogens is 3. The Morgan fingerprint density at radius 2 is 1.95 bits per heavy atom. The van der Waals surface area contributed by atoms with E-state index in [0.717, 1.165) is 11.9 Å². The molecule has 0 saturated heterocycles. The topological polar surface area (TPSA) is 25.4 Å². The molecule has 0 N–H and O–H groups in total. The minimum Gasteiger partial charge on any atom is -0.492 e. The van der Waals surface area contributed by atoms with Crippen LogP contribution in [0.15, 0.2) is 36.5 Å². The number of hydrogen-bond acceptors (Lipinski definition) is 4. The van der Waals surface area contributed by atoms with E-state index in [4.69, 9.17) is 4.74 Å². The lowest BCUT2D eigenvalue weighted by Gasteiger charge is -2.16. The van der Waals surface area contributed by atoms with Gasteiger partial charge >= 0.3 is 6.18 Å². The van der Waals surface area contributed by atoms with Gasteiger partial charge in [-0.3, -0.25) is 0 Å². The normalized spacial score (nSPS) is 11.4. The largest absolute Gasteiger partial charge is 0.492 e. The van der Waals surface area contributed by atoms with E-state index in [0.29, 0.717) is 29.6 Å². The number of anilines is 1. The molecule has 1 aromatic carbocycles. The monoisotopic (exact) mass is 302 g/mol. The van der Waals surface area contributed by atoms with E-state index in [1.165, 1.54) is 0 Å². The van der Waals surface area contributed by atoms with Crippen molar-refractivity contribution in [3.05, 3.63) is 41.4 Å². The van der Waals surface area contributed by atoms with Gasteiger partial charge in [-0.1, -0.05) is 29.5 Å². The number of rotatable bonds is 5. The Kier molecular flexibility index (Phi) is 4.49. The summed E-state index contributed by atoms with van der Waals surface area (Å²) in [5.41, 5.74) is 0. The summed E-state index contributed by atoms with van der Waals surface area (Å²) in [6.07, 6.45) is -3.48. The molecule has 2 rings (SSSR count). The molecule has 0 spiro atoms. The number of ether oxygens (including phenoxy) is 1. The summed E-state index contributed by atoms with van der Waals surface area (Å²) in [7, 11) is 1.69. The van der Waals surface area contributed by atoms with Crippen LogP contribution in [0.3, 0.4) is 0 Å². The molecule has 0 radical (unpaired) electrons. The number of thiazole rings is 1. The highest BCUT2D eigenvalue weighted by molar-refractivity contribution is 7.15. The molecule has 0 atom stereocenters. The van der Waals surface area contributed by atoms with Crippen molar-refractivity contribution in [2.45, 2.75) is 6.18 Å². The summed E-state index contributed by atoms with van der Waals surface area (Å²) in [6.45, 7) is 0.834. The molecule has 0 aliphatic heterocycles. The number of nitrogens with zero attached hydrogens (tertiary/aromatic N) is 2. The second kappa shape index (κ2) is 6.13. The molecule has 3 nitrogen and oxygen atoms in total. The Hall–Kier alpha value is -1.76. The Morgan fingerprint density at radius 1 is 1.25 bits per heavy atom. The van der Waals surface area contributed by atoms with Crippen LogP contribution in [0.25, 0.3) is 0 Å². The van der Waals surface area contributed by atoms with Crippen molar-refractivity contribution in [3.8, 4) is 5.75 Å². The third-order valence-corrected chi connectivity index (χ3v) is 3.69. The standard InChI is InChI=1S/C13H13F3N2OS/c1-18(7-8-19-10-5-3-2-4-6-10)12-17-9-11(20-12)13(14,15)16/h2-6,9H,7-8H2,1H3. The number of aromatic nitrogens is 1. The van der Waals surface area contributed by atoms with Gasteiger partial charge in [0.25, 0.3) is 0 Å². The maximum absolute atomic E-state index is 12.5. The maximum Gasteiger partial charge on any atom is 0.427 e. The van der Waals surface area contributed by atoms with E-state index in [1.807, 2.05) is 30.3 Å². The van der Waals surface area contributed by atoms with Crippen molar-refractivity contribution in [2.75, 3.05) is 25.1 Å². The van der Waals surface area contributed by atoms with Crippen LogP contribution in [0.5, 0.6) is 5.75 Å². The van der Waals surface area contributed by atoms with Crippen molar-refractivity contribution in [3.63, 3.8) is 0 Å². The molecular formula is C13H13F3N2OS. The third-order valence-electron chi connectivity index (χ3n) is 2.54. The van der Waals surface area contributed by atoms with Gasteiger partial charge in [0, 0.05) is 7.05 Å². The summed E-state index contributed by atoms with van der Waals surface area (Å²) in [5, 5.41) is 0.328. The highest BCUT2D eigenvalue weighted by Gasteiger charge is 2.33. The fraction of sp³-hybridized carbons (Fsp3) is 0.308. The Bertz CT molecular complexity index is 542. The van der Waals surface area contributed by atoms with Crippen LogP contribution in [-0.2, 0) is 6.18 Å². The SMILES string of the molecule is CN(CCOc1ccccc1)c1ncc(C(F)(F)F)s1. The molecule has 0 unspecified atom stereocenters. The molecule has 0 aliphatic rings. The highest BCUT2D eigenvalue weighted by Crippen LogP contribution is 2.35. The van der Waals surface area contributed by atoms with Crippen LogP contribution in [0, 0.1) is 0 Å². The van der Waals surface area contributed by atoms with Gasteiger partial charge in [0.1, 0.15) is 17.2 Å². The summed E-state index contributed by atoms with van der Waals surface area (Å²) >= 11 is 0.628. The first-order chi connectivity index (χ1) is 9.47. The van der Waals surface area contributed by atoms with Crippen molar-refractivity contribution in [2.24, 2.45) is 0 Å². The first-order valence-electron chi connectivity index (χ1n) is 5.89. The maximum atomic E-state index is 12.5. The zero-order valence-corrected chi connectivity index (χ0v) is 11.5. The molecule has 1 heterocycles. The summed E-state index contributed by atoms with van der Waals surface area (Å²) in [4.78, 5) is 4.73. The van der Waals surface area contributed by atoms with Gasteiger partial charge in [-0.15, -0.1) is 0 Å². The lowest BCUT2D eigenvalue weighted by atomic mass is 10.3. The van der Waals surface area contributed by atoms with Gasteiger partial charge in [0.2, 0.25) is 0 Å². The van der Waals surface area contributed by atoms with E-state index >= 15 is 0 Å². The fourth-order valence-corrected chi connectivity index (χ4v) is 2.26. The molecule has 7 heteroatoms. The second-order valence-corrected chi connectivity index (χ2v) is 5.10. The number of benzene rings is 1. The van der Waals surface area contributed by atoms with Gasteiger partial charge in [0.05, 0.1) is 12.7 Å². The van der Waals surface area contributed by atoms with Crippen molar-refractivity contribution in [1.82, 2.24) is 4.98 Å². The molecule has 0 saturated carbocycles. The fourth-order valence-electron chi connectivity index (χ4n) is 1.49. The summed E-state index contributed by atoms with van der Waals surface area (Å²) < 4.78 is 42.9. The third kappa shape index (κ3) is 3.86. The smallest absolute Gasteiger partial charge is 0.427 e. The van der Waals surface area contributed by atoms with Crippen LogP contribution < -0.4 is 9.64 Å². The van der Waals surface area contributed by atoms with Crippen molar-refractivity contribution in [1.29, 1.82) is 0 Å². The average molecular weight is 302 g/mol. The lowest BCUT2D eigenvalue weighted by Crippen LogP contribution is -2.23. The molecule has 108 valence electrons. The number of likely N-dealkylation sites (N-methyl/N-ethyl adjacent to an activating group) is 1. The Balaban J connectivity index is 1.86. The average Bonchev–Trinajstić information content (AvgIpc) is 2.89. The van der Waals surface area contributed by atoms with Crippen LogP contribution in [-0.4, -0.2) is 25.2 Å². The van der Waals surface area contributed by atoms with Crippen molar-refractivity contribution >= 4 is 16.5 Å². The molecular weight excluding hydrogens is 289 g/mol. The van der Waals surface area contributed by atoms with E-state index in [2.05, 4.69) is 4.98 Å². The predicted molar refractivity (Wildman–Crippen MR) is 72.3 cm³/mol. The zero-order valence-electron chi connectivity index (χ0n) is 10.7. The zero-order chi connectivity index (χ0) is 14.6. The molecule has 0 bridgehead atoms. The van der Waals surface area contributed by atoms with Crippen LogP contribution >= 0.6 is 11.3 Å². The lowest BCUT2D eigenvalue weighted by molar-refractivity contribution is -0.134. The predicted octanol–water partition coefficient (Wildman–Crippen LogP) is 3.68. The van der Waals surface area contributed by atoms with Crippen LogP contribution in [0.4, 0.5) is 18.3 Å². The summed E-state index contributed by atoms with van der Waals surface area (Å²) in [5.74, 6) is 0.732. The van der Waals surface area contributed by atoms with E-state index < -0.39 is 11.1 Å². The highest BCUT2D eigenvalue weighted by atomic mass is 32.1. The van der Waals surface area contributed by atoms with Gasteiger partial charge in [-0.25, -0.2) is 4.98 Å². The first-order valence-corrected chi connectivity index (χ1v) is 6.70. The van der Waals surface area contributed by atoms with Crippen LogP contribution in [0.2, 0.25) is 0 Å². The van der Waals surface area contributed by atoms with E-state index in [1.54, 1.807) is 11.9 Å². The molecule has 0 amide bonds. The number of hydrogen-bond donors (Lipinski definition) is 0. The van der Waals surface area contributed by atoms with Gasteiger partial charge in [0.15, 0.2) is 5.13 Å². The Morgan fingerprint density at radius 3 is 2.55 bits per heavy atom. The van der Waals surface area contributed by atoms with Gasteiger partial charge in [-0.05, 0) is 12.1 Å². The van der Waals surface area contributed by atoms with Crippen LogP contribution in [0.1, 0.15) is 4.88 Å². The Labute approximate surface area is 118 Å². The van der Waals surface area contributed by atoms with Gasteiger partial charge in [-0.2, -0.15) is 13.2 Å². The number of para-hydroxylation sites is 1. The minimum absolute atomic E-state index is 0.328. The van der Waals surface area contributed by atoms with E-state index in [-0.39, 0.29) is 0 Å². The van der Waals surface area contributed by atoms with Crippen molar-refractivity contribution < 1.29 is 17.9 Å². The summed E-state index contributed by atoms with van der Waals surface area (Å²) in [6, 6.07) is 9.24. The first kappa shape index (κ1) is 14.6. The molecule has 0 fully saturated rings.